The van der Waals surface area contributed by atoms with E-state index in [1.54, 1.807) is 50.5 Å². The van der Waals surface area contributed by atoms with Crippen molar-refractivity contribution in [3.05, 3.63) is 48.4 Å². The SMILES string of the molecule is C=Nc1ccc(Nc2nc(Nc3cc(-c4cnn(C)c4)c(N4CCOCC4)cc3OC)ncc2C)c(P(C)(C)=O)c1/N=C\C. The molecule has 1 saturated heterocycles. The van der Waals surface area contributed by atoms with Crippen molar-refractivity contribution in [1.82, 2.24) is 19.7 Å². The normalized spacial score (nSPS) is 13.7. The van der Waals surface area contributed by atoms with Gasteiger partial charge in [0.05, 0.1) is 48.9 Å². The van der Waals surface area contributed by atoms with Crippen molar-refractivity contribution >= 4 is 65.6 Å². The summed E-state index contributed by atoms with van der Waals surface area (Å²) in [6, 6.07) is 7.69. The number of rotatable bonds is 10. The average Bonchev–Trinajstić information content (AvgIpc) is 3.44. The maximum Gasteiger partial charge on any atom is 0.229 e. The molecule has 1 fully saturated rings. The Morgan fingerprint density at radius 3 is 2.55 bits per heavy atom. The zero-order chi connectivity index (χ0) is 31.4. The summed E-state index contributed by atoms with van der Waals surface area (Å²) in [4.78, 5) is 20.2. The van der Waals surface area contributed by atoms with Gasteiger partial charge in [-0.1, -0.05) is 0 Å². The molecule has 0 aliphatic carbocycles. The third kappa shape index (κ3) is 6.51. The minimum absolute atomic E-state index is 0.363. The van der Waals surface area contributed by atoms with Crippen molar-refractivity contribution in [2.75, 3.05) is 62.3 Å². The van der Waals surface area contributed by atoms with Crippen LogP contribution in [-0.2, 0) is 16.3 Å². The first kappa shape index (κ1) is 30.9. The van der Waals surface area contributed by atoms with Crippen LogP contribution in [0.3, 0.4) is 0 Å². The molecule has 12 nitrogen and oxygen atoms in total. The molecule has 0 amide bonds. The highest BCUT2D eigenvalue weighted by molar-refractivity contribution is 7.70. The second-order valence-corrected chi connectivity index (χ2v) is 13.9. The summed E-state index contributed by atoms with van der Waals surface area (Å²) >= 11 is 0. The fraction of sp³-hybridized carbons (Fsp3) is 0.323. The lowest BCUT2D eigenvalue weighted by molar-refractivity contribution is 0.122. The Hall–Kier alpha value is -4.54. The number of ether oxygens (including phenoxy) is 2. The molecule has 0 radical (unpaired) electrons. The average molecular weight is 616 g/mol. The van der Waals surface area contributed by atoms with Gasteiger partial charge in [-0.05, 0) is 52.1 Å². The summed E-state index contributed by atoms with van der Waals surface area (Å²) in [7, 11) is 0.741. The van der Waals surface area contributed by atoms with E-state index in [0.29, 0.717) is 58.8 Å². The lowest BCUT2D eigenvalue weighted by atomic mass is 10.0. The molecule has 1 aliphatic heterocycles. The molecule has 2 aromatic carbocycles. The Bertz CT molecular complexity index is 1760. The summed E-state index contributed by atoms with van der Waals surface area (Å²) in [5, 5.41) is 11.7. The Balaban J connectivity index is 1.55. The molecule has 0 unspecified atom stereocenters. The summed E-state index contributed by atoms with van der Waals surface area (Å²) in [6.07, 6.45) is 7.22. The number of nitrogens with zero attached hydrogens (tertiary/aromatic N) is 7. The van der Waals surface area contributed by atoms with Crippen LogP contribution in [0.15, 0.2) is 52.8 Å². The quantitative estimate of drug-likeness (QED) is 0.167. The molecule has 2 N–H and O–H groups in total. The van der Waals surface area contributed by atoms with Crippen LogP contribution in [0.4, 0.5) is 40.2 Å². The van der Waals surface area contributed by atoms with Gasteiger partial charge < -0.3 is 29.6 Å². The van der Waals surface area contributed by atoms with Crippen LogP contribution >= 0.6 is 7.14 Å². The number of hydrogen-bond acceptors (Lipinski definition) is 11. The molecule has 3 heterocycles. The van der Waals surface area contributed by atoms with E-state index in [4.69, 9.17) is 14.5 Å². The van der Waals surface area contributed by atoms with Crippen molar-refractivity contribution in [3.63, 3.8) is 0 Å². The molecule has 1 aliphatic rings. The van der Waals surface area contributed by atoms with Gasteiger partial charge in [0.2, 0.25) is 5.95 Å². The van der Waals surface area contributed by atoms with Gasteiger partial charge >= 0.3 is 0 Å². The minimum atomic E-state index is -2.80. The predicted molar refractivity (Wildman–Crippen MR) is 180 cm³/mol. The summed E-state index contributed by atoms with van der Waals surface area (Å²) < 4.78 is 26.7. The van der Waals surface area contributed by atoms with Gasteiger partial charge in [0.15, 0.2) is 0 Å². The number of aromatic nitrogens is 4. The second-order valence-electron chi connectivity index (χ2n) is 10.8. The van der Waals surface area contributed by atoms with Crippen molar-refractivity contribution in [3.8, 4) is 16.9 Å². The number of aryl methyl sites for hydroxylation is 2. The molecule has 0 spiro atoms. The Morgan fingerprint density at radius 1 is 1.14 bits per heavy atom. The number of morpholine rings is 1. The first-order valence-electron chi connectivity index (χ1n) is 14.2. The molecule has 2 aromatic heterocycles. The maximum atomic E-state index is 13.5. The molecular weight excluding hydrogens is 577 g/mol. The molecule has 44 heavy (non-hydrogen) atoms. The molecule has 0 bridgehead atoms. The van der Waals surface area contributed by atoms with Gasteiger partial charge in [-0.15, -0.1) is 0 Å². The smallest absolute Gasteiger partial charge is 0.229 e. The number of nitrogens with one attached hydrogen (secondary N) is 2. The fourth-order valence-corrected chi connectivity index (χ4v) is 6.56. The van der Waals surface area contributed by atoms with Crippen molar-refractivity contribution in [1.29, 1.82) is 0 Å². The van der Waals surface area contributed by atoms with Crippen LogP contribution in [-0.4, -0.2) is 79.4 Å². The zero-order valence-electron chi connectivity index (χ0n) is 26.0. The van der Waals surface area contributed by atoms with Crippen LogP contribution in [0.25, 0.3) is 11.1 Å². The lowest BCUT2D eigenvalue weighted by Gasteiger charge is -2.31. The molecule has 13 heteroatoms. The Kier molecular flexibility index (Phi) is 9.12. The van der Waals surface area contributed by atoms with Crippen LogP contribution < -0.4 is 25.6 Å². The highest BCUT2D eigenvalue weighted by atomic mass is 31.2. The number of methoxy groups -OCH3 is 1. The van der Waals surface area contributed by atoms with Crippen LogP contribution in [0.5, 0.6) is 5.75 Å². The van der Waals surface area contributed by atoms with Gasteiger partial charge in [0, 0.05) is 67.2 Å². The van der Waals surface area contributed by atoms with Crippen molar-refractivity contribution in [2.24, 2.45) is 17.0 Å². The second kappa shape index (κ2) is 13.0. The standard InChI is InChI=1S/C31H38N9O3P/c1-8-33-28-23(32-3)9-10-24(29(28)44(6,7)41)36-30-20(2)17-34-31(38-30)37-25-15-22(21-18-35-39(4)19-21)26(16-27(25)42-5)40-11-13-43-14-12-40/h8-10,15-19H,3,11-14H2,1-2,4-7H3,(H2,34,36,37,38)/b33-8-. The van der Waals surface area contributed by atoms with E-state index in [0.717, 1.165) is 35.5 Å². The van der Waals surface area contributed by atoms with Crippen LogP contribution in [0.2, 0.25) is 0 Å². The fourth-order valence-electron chi connectivity index (χ4n) is 5.17. The third-order valence-corrected chi connectivity index (χ3v) is 8.78. The van der Waals surface area contributed by atoms with E-state index in [9.17, 15) is 4.57 Å². The Labute approximate surface area is 257 Å². The molecule has 230 valence electrons. The summed E-state index contributed by atoms with van der Waals surface area (Å²) in [5.41, 5.74) is 6.24. The number of benzene rings is 2. The molecule has 0 saturated carbocycles. The largest absolute Gasteiger partial charge is 0.494 e. The molecule has 4 aromatic rings. The zero-order valence-corrected chi connectivity index (χ0v) is 26.9. The van der Waals surface area contributed by atoms with E-state index < -0.39 is 7.14 Å². The lowest BCUT2D eigenvalue weighted by Crippen LogP contribution is -2.36. The van der Waals surface area contributed by atoms with E-state index in [2.05, 4.69) is 42.3 Å². The van der Waals surface area contributed by atoms with E-state index in [1.165, 1.54) is 0 Å². The van der Waals surface area contributed by atoms with E-state index >= 15 is 0 Å². The van der Waals surface area contributed by atoms with Crippen molar-refractivity contribution < 1.29 is 14.0 Å². The minimum Gasteiger partial charge on any atom is -0.494 e. The highest BCUT2D eigenvalue weighted by Gasteiger charge is 2.25. The van der Waals surface area contributed by atoms with Gasteiger partial charge in [-0.3, -0.25) is 14.7 Å². The molecule has 5 rings (SSSR count). The third-order valence-electron chi connectivity index (χ3n) is 7.25. The molecular formula is C31H38N9O3P. The monoisotopic (exact) mass is 615 g/mol. The number of aliphatic imine (C=N–C) groups is 2. The van der Waals surface area contributed by atoms with Crippen molar-refractivity contribution in [2.45, 2.75) is 13.8 Å². The number of hydrogen-bond donors (Lipinski definition) is 2. The van der Waals surface area contributed by atoms with Gasteiger partial charge in [0.25, 0.3) is 0 Å². The summed E-state index contributed by atoms with van der Waals surface area (Å²) in [6.45, 7) is 13.7. The van der Waals surface area contributed by atoms with Gasteiger partial charge in [-0.25, -0.2) is 4.98 Å². The first-order valence-corrected chi connectivity index (χ1v) is 16.8. The Morgan fingerprint density at radius 2 is 1.91 bits per heavy atom. The van der Waals surface area contributed by atoms with E-state index in [-0.39, 0.29) is 0 Å². The number of anilines is 5. The van der Waals surface area contributed by atoms with E-state index in [1.807, 2.05) is 44.6 Å². The molecule has 0 atom stereocenters. The van der Waals surface area contributed by atoms with Gasteiger partial charge in [-0.2, -0.15) is 10.1 Å². The van der Waals surface area contributed by atoms with Crippen LogP contribution in [0.1, 0.15) is 12.5 Å². The maximum absolute atomic E-state index is 13.5. The predicted octanol–water partition coefficient (Wildman–Crippen LogP) is 5.82. The van der Waals surface area contributed by atoms with Gasteiger partial charge in [0.1, 0.15) is 24.4 Å². The highest BCUT2D eigenvalue weighted by Crippen LogP contribution is 2.46. The van der Waals surface area contributed by atoms with Crippen LogP contribution in [0, 0.1) is 6.92 Å². The first-order chi connectivity index (χ1) is 21.1. The topological polar surface area (TPSA) is 131 Å². The summed E-state index contributed by atoms with van der Waals surface area (Å²) in [5.74, 6) is 1.56.